The lowest BCUT2D eigenvalue weighted by molar-refractivity contribution is -0.118. The predicted octanol–water partition coefficient (Wildman–Crippen LogP) is 1.01. The zero-order valence-electron chi connectivity index (χ0n) is 9.38. The lowest BCUT2D eigenvalue weighted by atomic mass is 10.2. The van der Waals surface area contributed by atoms with Crippen LogP contribution < -0.4 is 10.2 Å². The highest BCUT2D eigenvalue weighted by Crippen LogP contribution is 2.20. The lowest BCUT2D eigenvalue weighted by Crippen LogP contribution is -2.31. The van der Waals surface area contributed by atoms with Crippen LogP contribution in [0.15, 0.2) is 24.3 Å². The summed E-state index contributed by atoms with van der Waals surface area (Å²) in [7, 11) is 0. The number of amides is 3. The first-order chi connectivity index (χ1) is 8.67. The largest absolute Gasteiger partial charge is 0.329 e. The van der Waals surface area contributed by atoms with Crippen LogP contribution in [0.5, 0.6) is 0 Å². The molecule has 0 radical (unpaired) electrons. The van der Waals surface area contributed by atoms with Crippen LogP contribution in [-0.2, 0) is 4.79 Å². The highest BCUT2D eigenvalue weighted by atomic mass is 16.2. The molecule has 1 N–H and O–H groups in total. The van der Waals surface area contributed by atoms with Crippen LogP contribution in [0.4, 0.5) is 10.5 Å². The molecule has 0 aromatic heterocycles. The first-order valence-electron chi connectivity index (χ1n) is 5.25. The Bertz CT molecular complexity index is 578. The monoisotopic (exact) mass is 239 g/mol. The highest BCUT2D eigenvalue weighted by Gasteiger charge is 2.38. The van der Waals surface area contributed by atoms with Gasteiger partial charge in [0.1, 0.15) is 6.04 Å². The topological polar surface area (TPSA) is 73.2 Å². The molecule has 1 aromatic rings. The first kappa shape index (κ1) is 11.7. The molecule has 5 heteroatoms. The Labute approximate surface area is 104 Å². The number of hydrogen-bond donors (Lipinski definition) is 1. The fourth-order valence-electron chi connectivity index (χ4n) is 1.72. The molecular weight excluding hydrogens is 230 g/mol. The lowest BCUT2D eigenvalue weighted by Gasteiger charge is -2.12. The van der Waals surface area contributed by atoms with Crippen molar-refractivity contribution in [3.8, 4) is 18.4 Å². The average molecular weight is 239 g/mol. The number of nitrogens with one attached hydrogen (secondary N) is 1. The van der Waals surface area contributed by atoms with Crippen LogP contribution in [0, 0.1) is 23.7 Å². The van der Waals surface area contributed by atoms with Gasteiger partial charge in [0.2, 0.25) is 0 Å². The standard InChI is InChI=1S/C13H9N3O2/c1-2-3-11-12(17)16(13(18)15-11)10-6-4-9(8-14)5-7-10/h1,4-7,11H,3H2,(H,15,18). The van der Waals surface area contributed by atoms with Gasteiger partial charge in [-0.05, 0) is 24.3 Å². The SMILES string of the molecule is C#CCC1NC(=O)N(c2ccc(C#N)cc2)C1=O. The minimum Gasteiger partial charge on any atom is -0.324 e. The molecule has 18 heavy (non-hydrogen) atoms. The second kappa shape index (κ2) is 4.60. The molecule has 1 atom stereocenters. The number of hydrogen-bond acceptors (Lipinski definition) is 3. The molecule has 3 amide bonds. The van der Waals surface area contributed by atoms with Crippen LogP contribution in [0.3, 0.4) is 0 Å². The van der Waals surface area contributed by atoms with Crippen LogP contribution in [0.1, 0.15) is 12.0 Å². The van der Waals surface area contributed by atoms with E-state index in [1.165, 1.54) is 0 Å². The highest BCUT2D eigenvalue weighted by molar-refractivity contribution is 6.21. The third-order valence-electron chi connectivity index (χ3n) is 2.60. The third-order valence-corrected chi connectivity index (χ3v) is 2.60. The summed E-state index contributed by atoms with van der Waals surface area (Å²) in [6.07, 6.45) is 5.29. The number of rotatable bonds is 2. The van der Waals surface area contributed by atoms with Gasteiger partial charge in [0.15, 0.2) is 0 Å². The maximum Gasteiger partial charge on any atom is 0.329 e. The van der Waals surface area contributed by atoms with Gasteiger partial charge in [-0.15, -0.1) is 12.3 Å². The van der Waals surface area contributed by atoms with Crippen molar-refractivity contribution in [2.75, 3.05) is 4.90 Å². The second-order valence-electron chi connectivity index (χ2n) is 3.74. The number of anilines is 1. The van der Waals surface area contributed by atoms with E-state index in [2.05, 4.69) is 11.2 Å². The summed E-state index contributed by atoms with van der Waals surface area (Å²) >= 11 is 0. The van der Waals surface area contributed by atoms with E-state index in [1.807, 2.05) is 6.07 Å². The number of terminal acetylenes is 1. The van der Waals surface area contributed by atoms with Gasteiger partial charge < -0.3 is 5.32 Å². The molecule has 1 aromatic carbocycles. The maximum absolute atomic E-state index is 11.9. The Morgan fingerprint density at radius 2 is 2.00 bits per heavy atom. The fourth-order valence-corrected chi connectivity index (χ4v) is 1.72. The molecule has 1 fully saturated rings. The van der Waals surface area contributed by atoms with Crippen molar-refractivity contribution in [1.29, 1.82) is 5.26 Å². The molecule has 1 saturated heterocycles. The van der Waals surface area contributed by atoms with Crippen LogP contribution in [0.2, 0.25) is 0 Å². The van der Waals surface area contributed by atoms with Crippen LogP contribution in [0.25, 0.3) is 0 Å². The van der Waals surface area contributed by atoms with Crippen LogP contribution in [-0.4, -0.2) is 18.0 Å². The molecule has 1 heterocycles. The fraction of sp³-hybridized carbons (Fsp3) is 0.154. The summed E-state index contributed by atoms with van der Waals surface area (Å²) in [4.78, 5) is 24.7. The molecular formula is C13H9N3O2. The van der Waals surface area contributed by atoms with E-state index in [0.717, 1.165) is 4.90 Å². The molecule has 0 saturated carbocycles. The Morgan fingerprint density at radius 1 is 1.33 bits per heavy atom. The Hall–Kier alpha value is -2.79. The van der Waals surface area contributed by atoms with Gasteiger partial charge in [0.05, 0.1) is 17.3 Å². The zero-order chi connectivity index (χ0) is 13.1. The molecule has 2 rings (SSSR count). The van der Waals surface area contributed by atoms with E-state index in [-0.39, 0.29) is 12.3 Å². The van der Waals surface area contributed by atoms with Crippen LogP contribution >= 0.6 is 0 Å². The van der Waals surface area contributed by atoms with Gasteiger partial charge in [0.25, 0.3) is 5.91 Å². The first-order valence-corrected chi connectivity index (χ1v) is 5.25. The van der Waals surface area contributed by atoms with E-state index in [4.69, 9.17) is 11.7 Å². The summed E-state index contributed by atoms with van der Waals surface area (Å²) < 4.78 is 0. The zero-order valence-corrected chi connectivity index (χ0v) is 9.38. The molecule has 88 valence electrons. The summed E-state index contributed by atoms with van der Waals surface area (Å²) in [6.45, 7) is 0. The number of urea groups is 1. The van der Waals surface area contributed by atoms with Gasteiger partial charge >= 0.3 is 6.03 Å². The number of carbonyl (C=O) groups excluding carboxylic acids is 2. The normalized spacial score (nSPS) is 18.1. The van der Waals surface area contributed by atoms with Crippen molar-refractivity contribution in [3.05, 3.63) is 29.8 Å². The predicted molar refractivity (Wildman–Crippen MR) is 64.4 cm³/mol. The Kier molecular flexibility index (Phi) is 2.99. The quantitative estimate of drug-likeness (QED) is 0.618. The average Bonchev–Trinajstić information content (AvgIpc) is 2.65. The molecule has 0 aliphatic carbocycles. The minimum absolute atomic E-state index is 0.164. The summed E-state index contributed by atoms with van der Waals surface area (Å²) in [5.41, 5.74) is 0.891. The third kappa shape index (κ3) is 1.90. The molecule has 0 bridgehead atoms. The summed E-state index contributed by atoms with van der Waals surface area (Å²) in [5.74, 6) is 1.97. The number of benzene rings is 1. The van der Waals surface area contributed by atoms with Crippen molar-refractivity contribution in [2.45, 2.75) is 12.5 Å². The molecule has 1 aliphatic rings. The summed E-state index contributed by atoms with van der Waals surface area (Å²) in [5, 5.41) is 11.2. The van der Waals surface area contributed by atoms with Crippen molar-refractivity contribution in [2.24, 2.45) is 0 Å². The minimum atomic E-state index is -0.668. The second-order valence-corrected chi connectivity index (χ2v) is 3.74. The van der Waals surface area contributed by atoms with Crippen molar-refractivity contribution >= 4 is 17.6 Å². The van der Waals surface area contributed by atoms with Gasteiger partial charge in [-0.1, -0.05) is 0 Å². The van der Waals surface area contributed by atoms with Crippen molar-refractivity contribution in [1.82, 2.24) is 5.32 Å². The summed E-state index contributed by atoms with van der Waals surface area (Å²) in [6, 6.07) is 6.99. The molecule has 1 aliphatic heterocycles. The Morgan fingerprint density at radius 3 is 2.56 bits per heavy atom. The maximum atomic E-state index is 11.9. The van der Waals surface area contributed by atoms with E-state index < -0.39 is 12.1 Å². The van der Waals surface area contributed by atoms with Crippen molar-refractivity contribution < 1.29 is 9.59 Å². The number of carbonyl (C=O) groups is 2. The van der Waals surface area contributed by atoms with Gasteiger partial charge in [-0.25, -0.2) is 9.69 Å². The molecule has 0 spiro atoms. The molecule has 1 unspecified atom stereocenters. The van der Waals surface area contributed by atoms with Gasteiger partial charge in [-0.2, -0.15) is 5.26 Å². The van der Waals surface area contributed by atoms with E-state index >= 15 is 0 Å². The van der Waals surface area contributed by atoms with E-state index in [0.29, 0.717) is 11.3 Å². The van der Waals surface area contributed by atoms with Gasteiger partial charge in [-0.3, -0.25) is 4.79 Å². The van der Waals surface area contributed by atoms with Crippen molar-refractivity contribution in [3.63, 3.8) is 0 Å². The van der Waals surface area contributed by atoms with E-state index in [9.17, 15) is 9.59 Å². The van der Waals surface area contributed by atoms with E-state index in [1.54, 1.807) is 24.3 Å². The number of nitrogens with zero attached hydrogens (tertiary/aromatic N) is 2. The smallest absolute Gasteiger partial charge is 0.324 e. The number of nitriles is 1. The van der Waals surface area contributed by atoms with Gasteiger partial charge in [0, 0.05) is 6.42 Å². The number of imide groups is 1. The molecule has 5 nitrogen and oxygen atoms in total. The Balaban J connectivity index is 2.28.